The minimum atomic E-state index is -0.284. The summed E-state index contributed by atoms with van der Waals surface area (Å²) in [6, 6.07) is 6.16. The number of thioether (sulfide) groups is 1. The second-order valence-corrected chi connectivity index (χ2v) is 9.20. The Hall–Kier alpha value is -2.57. The molecule has 0 spiro atoms. The first-order valence-corrected chi connectivity index (χ1v) is 12.2. The summed E-state index contributed by atoms with van der Waals surface area (Å²) >= 11 is 2.69. The quantitative estimate of drug-likeness (QED) is 0.428. The molecule has 1 aromatic carbocycles. The first-order valence-electron chi connectivity index (χ1n) is 10.4. The monoisotopic (exact) mass is 477 g/mol. The van der Waals surface area contributed by atoms with E-state index in [0.717, 1.165) is 42.4 Å². The Labute approximate surface area is 193 Å². The lowest BCUT2D eigenvalue weighted by Gasteiger charge is -2.15. The average Bonchev–Trinajstić information content (AvgIpc) is 3.54. The highest BCUT2D eigenvalue weighted by atomic mass is 32.2. The van der Waals surface area contributed by atoms with Gasteiger partial charge in [0, 0.05) is 12.3 Å². The third kappa shape index (κ3) is 6.02. The van der Waals surface area contributed by atoms with Gasteiger partial charge in [0.2, 0.25) is 11.0 Å². The summed E-state index contributed by atoms with van der Waals surface area (Å²) in [5, 5.41) is 24.6. The standard InChI is InChI=1S/C20H24FN7O2S2/c1-2-18-25-26-19(32-18)23-17(29)12-31-20-27-24-16(28(20)11-15-4-3-9-30-15)10-22-14-7-5-13(21)6-8-14/h5-8,15,22H,2-4,9-12H2,1H3,(H,23,26,29)/t15-/m0/s1. The number of hydrogen-bond acceptors (Lipinski definition) is 9. The Balaban J connectivity index is 1.40. The van der Waals surface area contributed by atoms with Crippen LogP contribution < -0.4 is 10.6 Å². The molecule has 1 atom stereocenters. The van der Waals surface area contributed by atoms with Gasteiger partial charge in [-0.3, -0.25) is 10.1 Å². The molecule has 0 unspecified atom stereocenters. The third-order valence-electron chi connectivity index (χ3n) is 4.85. The van der Waals surface area contributed by atoms with Gasteiger partial charge in [-0.1, -0.05) is 30.0 Å². The van der Waals surface area contributed by atoms with Crippen LogP contribution in [0.2, 0.25) is 0 Å². The van der Waals surface area contributed by atoms with Crippen LogP contribution >= 0.6 is 23.1 Å². The normalized spacial score (nSPS) is 15.8. The highest BCUT2D eigenvalue weighted by Crippen LogP contribution is 2.23. The van der Waals surface area contributed by atoms with Gasteiger partial charge in [0.1, 0.15) is 10.8 Å². The van der Waals surface area contributed by atoms with E-state index >= 15 is 0 Å². The Morgan fingerprint density at radius 1 is 1.28 bits per heavy atom. The number of ether oxygens (including phenoxy) is 1. The highest BCUT2D eigenvalue weighted by Gasteiger charge is 2.21. The number of halogens is 1. The predicted molar refractivity (Wildman–Crippen MR) is 121 cm³/mol. The van der Waals surface area contributed by atoms with Crippen molar-refractivity contribution >= 4 is 39.8 Å². The maximum absolute atomic E-state index is 13.1. The van der Waals surface area contributed by atoms with Gasteiger partial charge in [0.25, 0.3) is 0 Å². The van der Waals surface area contributed by atoms with Crippen LogP contribution in [0.4, 0.5) is 15.2 Å². The number of carbonyl (C=O) groups excluding carboxylic acids is 1. The second kappa shape index (κ2) is 10.8. The molecule has 2 N–H and O–H groups in total. The Morgan fingerprint density at radius 3 is 2.84 bits per heavy atom. The fraction of sp³-hybridized carbons (Fsp3) is 0.450. The number of hydrogen-bond donors (Lipinski definition) is 2. The highest BCUT2D eigenvalue weighted by molar-refractivity contribution is 7.99. The van der Waals surface area contributed by atoms with Crippen molar-refractivity contribution in [2.24, 2.45) is 0 Å². The molecule has 32 heavy (non-hydrogen) atoms. The molecule has 3 heterocycles. The summed E-state index contributed by atoms with van der Waals surface area (Å²) < 4.78 is 20.9. The molecular formula is C20H24FN7O2S2. The van der Waals surface area contributed by atoms with E-state index in [1.54, 1.807) is 12.1 Å². The van der Waals surface area contributed by atoms with Crippen LogP contribution in [0.15, 0.2) is 29.4 Å². The molecule has 9 nitrogen and oxygen atoms in total. The fourth-order valence-electron chi connectivity index (χ4n) is 3.21. The van der Waals surface area contributed by atoms with Crippen LogP contribution in [0.25, 0.3) is 0 Å². The van der Waals surface area contributed by atoms with Crippen molar-refractivity contribution in [1.82, 2.24) is 25.0 Å². The molecule has 170 valence electrons. The fourth-order valence-corrected chi connectivity index (χ4v) is 4.68. The van der Waals surface area contributed by atoms with Crippen LogP contribution in [0, 0.1) is 5.82 Å². The zero-order valence-electron chi connectivity index (χ0n) is 17.6. The molecule has 1 amide bonds. The summed E-state index contributed by atoms with van der Waals surface area (Å²) in [7, 11) is 0. The minimum Gasteiger partial charge on any atom is -0.378 e. The first-order chi connectivity index (χ1) is 15.6. The SMILES string of the molecule is CCc1nnc(NC(=O)CSc2nnc(CNc3ccc(F)cc3)n2C[C@@H]2CCCO2)s1. The zero-order valence-corrected chi connectivity index (χ0v) is 19.2. The van der Waals surface area contributed by atoms with E-state index in [1.165, 1.54) is 35.2 Å². The van der Waals surface area contributed by atoms with E-state index in [0.29, 0.717) is 23.4 Å². The summed E-state index contributed by atoms with van der Waals surface area (Å²) in [6.45, 7) is 3.78. The molecule has 1 aliphatic heterocycles. The van der Waals surface area contributed by atoms with E-state index in [4.69, 9.17) is 4.74 Å². The molecular weight excluding hydrogens is 453 g/mol. The van der Waals surface area contributed by atoms with Crippen molar-refractivity contribution in [2.45, 2.75) is 50.5 Å². The van der Waals surface area contributed by atoms with Gasteiger partial charge >= 0.3 is 0 Å². The maximum atomic E-state index is 13.1. The van der Waals surface area contributed by atoms with Crippen molar-refractivity contribution < 1.29 is 13.9 Å². The lowest BCUT2D eigenvalue weighted by Crippen LogP contribution is -2.20. The number of carbonyl (C=O) groups is 1. The van der Waals surface area contributed by atoms with Crippen molar-refractivity contribution in [3.05, 3.63) is 40.9 Å². The molecule has 0 saturated carbocycles. The Bertz CT molecular complexity index is 1040. The lowest BCUT2D eigenvalue weighted by atomic mass is 10.2. The molecule has 1 aliphatic rings. The number of aromatic nitrogens is 5. The summed E-state index contributed by atoms with van der Waals surface area (Å²) in [4.78, 5) is 12.4. The van der Waals surface area contributed by atoms with Crippen LogP contribution in [0.5, 0.6) is 0 Å². The van der Waals surface area contributed by atoms with Gasteiger partial charge in [-0.25, -0.2) is 4.39 Å². The molecule has 4 rings (SSSR count). The van der Waals surface area contributed by atoms with Gasteiger partial charge in [-0.2, -0.15) is 0 Å². The third-order valence-corrected chi connectivity index (χ3v) is 6.80. The molecule has 3 aromatic rings. The van der Waals surface area contributed by atoms with E-state index in [-0.39, 0.29) is 23.6 Å². The van der Waals surface area contributed by atoms with Gasteiger partial charge in [-0.05, 0) is 43.5 Å². The van der Waals surface area contributed by atoms with Crippen LogP contribution in [-0.2, 0) is 29.0 Å². The Morgan fingerprint density at radius 2 is 2.12 bits per heavy atom. The number of aryl methyl sites for hydroxylation is 1. The first kappa shape index (κ1) is 22.6. The largest absolute Gasteiger partial charge is 0.378 e. The molecule has 0 aliphatic carbocycles. The smallest absolute Gasteiger partial charge is 0.236 e. The van der Waals surface area contributed by atoms with Crippen molar-refractivity contribution in [2.75, 3.05) is 23.0 Å². The van der Waals surface area contributed by atoms with Crippen LogP contribution in [0.1, 0.15) is 30.6 Å². The van der Waals surface area contributed by atoms with Crippen molar-refractivity contribution in [3.63, 3.8) is 0 Å². The van der Waals surface area contributed by atoms with Crippen molar-refractivity contribution in [3.8, 4) is 0 Å². The molecule has 0 bridgehead atoms. The second-order valence-electron chi connectivity index (χ2n) is 7.20. The lowest BCUT2D eigenvalue weighted by molar-refractivity contribution is -0.113. The minimum absolute atomic E-state index is 0.0950. The molecule has 0 radical (unpaired) electrons. The molecule has 2 aromatic heterocycles. The number of rotatable bonds is 10. The molecule has 1 saturated heterocycles. The van der Waals surface area contributed by atoms with E-state index in [9.17, 15) is 9.18 Å². The summed E-state index contributed by atoms with van der Waals surface area (Å²) in [6.07, 6.45) is 2.88. The number of anilines is 2. The van der Waals surface area contributed by atoms with Gasteiger partial charge in [0.15, 0.2) is 11.0 Å². The zero-order chi connectivity index (χ0) is 22.3. The average molecular weight is 478 g/mol. The van der Waals surface area contributed by atoms with Gasteiger partial charge in [0.05, 0.1) is 24.9 Å². The number of nitrogens with one attached hydrogen (secondary N) is 2. The number of benzene rings is 1. The van der Waals surface area contributed by atoms with Crippen molar-refractivity contribution in [1.29, 1.82) is 0 Å². The van der Waals surface area contributed by atoms with Gasteiger partial charge in [-0.15, -0.1) is 20.4 Å². The topological polar surface area (TPSA) is 107 Å². The number of amides is 1. The molecule has 1 fully saturated rings. The van der Waals surface area contributed by atoms with E-state index in [2.05, 4.69) is 31.0 Å². The van der Waals surface area contributed by atoms with Crippen LogP contribution in [-0.4, -0.2) is 49.3 Å². The molecule has 12 heteroatoms. The summed E-state index contributed by atoms with van der Waals surface area (Å²) in [5.74, 6) is 0.445. The van der Waals surface area contributed by atoms with Gasteiger partial charge < -0.3 is 14.6 Å². The van der Waals surface area contributed by atoms with E-state index in [1.807, 2.05) is 11.5 Å². The summed E-state index contributed by atoms with van der Waals surface area (Å²) in [5.41, 5.74) is 0.787. The van der Waals surface area contributed by atoms with E-state index < -0.39 is 0 Å². The van der Waals surface area contributed by atoms with Crippen LogP contribution in [0.3, 0.4) is 0 Å². The maximum Gasteiger partial charge on any atom is 0.236 e. The predicted octanol–water partition coefficient (Wildman–Crippen LogP) is 3.35. The number of nitrogens with zero attached hydrogens (tertiary/aromatic N) is 5. The Kier molecular flexibility index (Phi) is 7.66.